The number of carbonyl (C=O) groups excluding carboxylic acids is 1. The van der Waals surface area contributed by atoms with E-state index in [0.29, 0.717) is 12.1 Å². The van der Waals surface area contributed by atoms with Crippen LogP contribution in [-0.2, 0) is 34.3 Å². The van der Waals surface area contributed by atoms with Crippen LogP contribution in [0.15, 0.2) is 35.5 Å². The second kappa shape index (κ2) is 5.71. The highest BCUT2D eigenvalue weighted by molar-refractivity contribution is 7.89. The molecule has 0 radical (unpaired) electrons. The molecular weight excluding hydrogens is 330 g/mol. The van der Waals surface area contributed by atoms with Crippen molar-refractivity contribution in [3.8, 4) is 0 Å². The molecule has 0 aliphatic carbocycles. The molecule has 126 valence electrons. The molecule has 4 rings (SSSR count). The van der Waals surface area contributed by atoms with E-state index in [2.05, 4.69) is 14.3 Å². The van der Waals surface area contributed by atoms with Gasteiger partial charge in [-0.2, -0.15) is 0 Å². The van der Waals surface area contributed by atoms with E-state index in [1.165, 1.54) is 12.1 Å². The zero-order valence-corrected chi connectivity index (χ0v) is 13.8. The second-order valence-corrected chi connectivity index (χ2v) is 7.91. The molecular formula is C16H17N3O4S. The van der Waals surface area contributed by atoms with Crippen molar-refractivity contribution in [1.82, 2.24) is 14.3 Å². The van der Waals surface area contributed by atoms with E-state index in [1.54, 1.807) is 12.3 Å². The molecule has 0 saturated heterocycles. The largest absolute Gasteiger partial charge is 0.457 e. The Morgan fingerprint density at radius 3 is 3.12 bits per heavy atom. The SMILES string of the molecule is O=C1OCc2ccc(S(=O)(=O)NC[C@@H]3CCc4nccn4C3)cc21. The second-order valence-electron chi connectivity index (χ2n) is 6.15. The minimum Gasteiger partial charge on any atom is -0.457 e. The molecule has 0 saturated carbocycles. The molecule has 1 aromatic heterocycles. The first-order valence-electron chi connectivity index (χ1n) is 7.83. The van der Waals surface area contributed by atoms with Gasteiger partial charge in [0.25, 0.3) is 0 Å². The van der Waals surface area contributed by atoms with Crippen molar-refractivity contribution >= 4 is 16.0 Å². The van der Waals surface area contributed by atoms with Gasteiger partial charge in [-0.3, -0.25) is 0 Å². The standard InChI is InChI=1S/C16H17N3O4S/c20-16-14-7-13(3-2-12(14)10-23-16)24(21,22)18-8-11-1-4-15-17-5-6-19(15)9-11/h2-3,5-7,11,18H,1,4,8-10H2/t11-/m0/s1. The lowest BCUT2D eigenvalue weighted by Gasteiger charge is -2.23. The fourth-order valence-electron chi connectivity index (χ4n) is 3.17. The third-order valence-corrected chi connectivity index (χ3v) is 5.99. The summed E-state index contributed by atoms with van der Waals surface area (Å²) < 4.78 is 34.6. The number of hydrogen-bond acceptors (Lipinski definition) is 5. The monoisotopic (exact) mass is 347 g/mol. The molecule has 7 nitrogen and oxygen atoms in total. The van der Waals surface area contributed by atoms with Gasteiger partial charge in [-0.25, -0.2) is 22.9 Å². The van der Waals surface area contributed by atoms with Crippen molar-refractivity contribution in [3.63, 3.8) is 0 Å². The van der Waals surface area contributed by atoms with Crippen LogP contribution in [0.4, 0.5) is 0 Å². The van der Waals surface area contributed by atoms with Gasteiger partial charge < -0.3 is 9.30 Å². The predicted octanol–water partition coefficient (Wildman–Crippen LogP) is 1.09. The van der Waals surface area contributed by atoms with E-state index in [4.69, 9.17) is 4.74 Å². The van der Waals surface area contributed by atoms with Crippen molar-refractivity contribution in [2.24, 2.45) is 5.92 Å². The van der Waals surface area contributed by atoms with Crippen molar-refractivity contribution in [1.29, 1.82) is 0 Å². The molecule has 0 unspecified atom stereocenters. The molecule has 1 N–H and O–H groups in total. The van der Waals surface area contributed by atoms with E-state index in [0.717, 1.165) is 30.8 Å². The van der Waals surface area contributed by atoms with Crippen LogP contribution in [0.3, 0.4) is 0 Å². The van der Waals surface area contributed by atoms with E-state index in [9.17, 15) is 13.2 Å². The van der Waals surface area contributed by atoms with Crippen molar-refractivity contribution in [2.75, 3.05) is 6.54 Å². The molecule has 0 spiro atoms. The van der Waals surface area contributed by atoms with Crippen LogP contribution in [0.25, 0.3) is 0 Å². The highest BCUT2D eigenvalue weighted by Crippen LogP contribution is 2.24. The lowest BCUT2D eigenvalue weighted by molar-refractivity contribution is 0.0535. The number of nitrogens with one attached hydrogen (secondary N) is 1. The molecule has 0 bridgehead atoms. The maximum Gasteiger partial charge on any atom is 0.338 e. The summed E-state index contributed by atoms with van der Waals surface area (Å²) in [4.78, 5) is 16.0. The zero-order valence-electron chi connectivity index (χ0n) is 12.9. The van der Waals surface area contributed by atoms with Crippen molar-refractivity contribution in [3.05, 3.63) is 47.5 Å². The summed E-state index contributed by atoms with van der Waals surface area (Å²) in [5.41, 5.74) is 1.05. The summed E-state index contributed by atoms with van der Waals surface area (Å²) in [7, 11) is -3.65. The Hall–Kier alpha value is -2.19. The number of esters is 1. The fourth-order valence-corrected chi connectivity index (χ4v) is 4.32. The molecule has 24 heavy (non-hydrogen) atoms. The molecule has 8 heteroatoms. The molecule has 2 aliphatic heterocycles. The molecule has 3 heterocycles. The van der Waals surface area contributed by atoms with Crippen molar-refractivity contribution in [2.45, 2.75) is 30.9 Å². The summed E-state index contributed by atoms with van der Waals surface area (Å²) in [5, 5.41) is 0. The van der Waals surface area contributed by atoms with Gasteiger partial charge in [0, 0.05) is 37.5 Å². The molecule has 0 amide bonds. The number of aryl methyl sites for hydroxylation is 1. The van der Waals surface area contributed by atoms with E-state index >= 15 is 0 Å². The minimum absolute atomic E-state index is 0.0965. The Bertz CT molecular complexity index is 904. The van der Waals surface area contributed by atoms with Crippen LogP contribution in [0, 0.1) is 5.92 Å². The molecule has 1 atom stereocenters. The number of ether oxygens (including phenoxy) is 1. The highest BCUT2D eigenvalue weighted by Gasteiger charge is 2.26. The number of fused-ring (bicyclic) bond motifs is 2. The summed E-state index contributed by atoms with van der Waals surface area (Å²) >= 11 is 0. The number of carbonyl (C=O) groups is 1. The number of cyclic esters (lactones) is 1. The summed E-state index contributed by atoms with van der Waals surface area (Å²) in [6.07, 6.45) is 5.44. The summed E-state index contributed by atoms with van der Waals surface area (Å²) in [5.74, 6) is 0.800. The van der Waals surface area contributed by atoms with Gasteiger partial charge in [0.15, 0.2) is 0 Å². The van der Waals surface area contributed by atoms with E-state index < -0.39 is 16.0 Å². The third-order valence-electron chi connectivity index (χ3n) is 4.57. The number of hydrogen-bond donors (Lipinski definition) is 1. The van der Waals surface area contributed by atoms with E-state index in [-0.39, 0.29) is 17.4 Å². The molecule has 0 fully saturated rings. The minimum atomic E-state index is -3.65. The zero-order chi connectivity index (χ0) is 16.7. The van der Waals surface area contributed by atoms with Gasteiger partial charge in [-0.05, 0) is 24.5 Å². The van der Waals surface area contributed by atoms with E-state index in [1.807, 2.05) is 6.20 Å². The topological polar surface area (TPSA) is 90.3 Å². The Morgan fingerprint density at radius 1 is 1.38 bits per heavy atom. The number of imidazole rings is 1. The Labute approximate surface area is 139 Å². The lowest BCUT2D eigenvalue weighted by atomic mass is 10.00. The summed E-state index contributed by atoms with van der Waals surface area (Å²) in [6, 6.07) is 4.53. The van der Waals surface area contributed by atoms with Crippen LogP contribution < -0.4 is 4.72 Å². The first-order chi connectivity index (χ1) is 11.5. The number of sulfonamides is 1. The number of aromatic nitrogens is 2. The Kier molecular flexibility index (Phi) is 3.65. The van der Waals surface area contributed by atoms with Gasteiger partial charge in [0.05, 0.1) is 10.5 Å². The fraction of sp³-hybridized carbons (Fsp3) is 0.375. The lowest BCUT2D eigenvalue weighted by Crippen LogP contribution is -2.33. The first kappa shape index (κ1) is 15.3. The number of nitrogens with zero attached hydrogens (tertiary/aromatic N) is 2. The quantitative estimate of drug-likeness (QED) is 0.836. The maximum atomic E-state index is 12.5. The van der Waals surface area contributed by atoms with Crippen molar-refractivity contribution < 1.29 is 17.9 Å². The number of benzene rings is 1. The van der Waals surface area contributed by atoms with Crippen LogP contribution >= 0.6 is 0 Å². The average molecular weight is 347 g/mol. The van der Waals surface area contributed by atoms with Gasteiger partial charge in [-0.1, -0.05) is 6.07 Å². The third kappa shape index (κ3) is 2.71. The predicted molar refractivity (Wildman–Crippen MR) is 84.8 cm³/mol. The van der Waals surface area contributed by atoms with Gasteiger partial charge in [0.1, 0.15) is 12.4 Å². The summed E-state index contributed by atoms with van der Waals surface area (Å²) in [6.45, 7) is 1.33. The number of rotatable bonds is 4. The van der Waals surface area contributed by atoms with Crippen LogP contribution in [0.1, 0.15) is 28.2 Å². The van der Waals surface area contributed by atoms with Gasteiger partial charge in [-0.15, -0.1) is 0 Å². The van der Waals surface area contributed by atoms with Gasteiger partial charge >= 0.3 is 5.97 Å². The van der Waals surface area contributed by atoms with Crippen LogP contribution in [0.5, 0.6) is 0 Å². The molecule has 2 aromatic rings. The Balaban J connectivity index is 1.46. The smallest absolute Gasteiger partial charge is 0.338 e. The molecule has 2 aliphatic rings. The van der Waals surface area contributed by atoms with Crippen LogP contribution in [0.2, 0.25) is 0 Å². The average Bonchev–Trinajstić information content (AvgIpc) is 3.19. The first-order valence-corrected chi connectivity index (χ1v) is 9.31. The van der Waals surface area contributed by atoms with Gasteiger partial charge in [0.2, 0.25) is 10.0 Å². The highest BCUT2D eigenvalue weighted by atomic mass is 32.2. The van der Waals surface area contributed by atoms with Crippen LogP contribution in [-0.4, -0.2) is 30.5 Å². The maximum absolute atomic E-state index is 12.5. The normalized spacial score (nSPS) is 19.7. The Morgan fingerprint density at radius 2 is 2.25 bits per heavy atom. The molecule has 1 aromatic carbocycles.